The fourth-order valence-electron chi connectivity index (χ4n) is 3.36. The zero-order valence-corrected chi connectivity index (χ0v) is 12.5. The van der Waals surface area contributed by atoms with E-state index in [0.29, 0.717) is 5.92 Å². The van der Waals surface area contributed by atoms with Gasteiger partial charge >= 0.3 is 0 Å². The molecule has 22 heavy (non-hydrogen) atoms. The minimum absolute atomic E-state index is 0.0345. The molecule has 5 heteroatoms. The molecule has 0 aromatic heterocycles. The Hall–Kier alpha value is -2.17. The molecule has 1 aromatic rings. The first-order chi connectivity index (χ1) is 10.6. The van der Waals surface area contributed by atoms with E-state index in [1.165, 1.54) is 0 Å². The second-order valence-electron chi connectivity index (χ2n) is 6.65. The number of anilines is 1. The van der Waals surface area contributed by atoms with Crippen LogP contribution in [-0.2, 0) is 9.59 Å². The van der Waals surface area contributed by atoms with Crippen LogP contribution in [0.4, 0.5) is 5.69 Å². The third kappa shape index (κ3) is 2.21. The van der Waals surface area contributed by atoms with Crippen LogP contribution in [0.15, 0.2) is 29.4 Å². The lowest BCUT2D eigenvalue weighted by molar-refractivity contribution is -0.124. The van der Waals surface area contributed by atoms with E-state index in [1.807, 2.05) is 24.3 Å². The number of amides is 2. The Bertz CT molecular complexity index is 665. The van der Waals surface area contributed by atoms with Crippen LogP contribution < -0.4 is 10.7 Å². The highest BCUT2D eigenvalue weighted by molar-refractivity contribution is 6.09. The highest BCUT2D eigenvalue weighted by Gasteiger charge is 2.49. The monoisotopic (exact) mass is 297 g/mol. The molecule has 0 bridgehead atoms. The first-order valence-electron chi connectivity index (χ1n) is 7.92. The number of carbonyl (C=O) groups is 2. The molecule has 1 aromatic carbocycles. The van der Waals surface area contributed by atoms with Gasteiger partial charge in [0.1, 0.15) is 0 Å². The standard InChI is InChI=1S/C17H19N3O2/c1-9-2-7-12(9)16(21)18-11-5-3-10(4-6-11)15-13-8-14(13)17(22)20-19-15/h3-6,9,12-14H,2,7-8H2,1H3,(H,18,21)(H,20,22). The van der Waals surface area contributed by atoms with Gasteiger partial charge in [0.05, 0.1) is 5.71 Å². The summed E-state index contributed by atoms with van der Waals surface area (Å²) in [5.74, 6) is 1.18. The number of hydrazone groups is 1. The second kappa shape index (κ2) is 4.93. The Labute approximate surface area is 129 Å². The highest BCUT2D eigenvalue weighted by Crippen LogP contribution is 2.43. The van der Waals surface area contributed by atoms with Gasteiger partial charge < -0.3 is 5.32 Å². The van der Waals surface area contributed by atoms with Crippen molar-refractivity contribution in [2.75, 3.05) is 5.32 Å². The van der Waals surface area contributed by atoms with Crippen LogP contribution in [0.2, 0.25) is 0 Å². The number of hydrogen-bond donors (Lipinski definition) is 2. The lowest BCUT2D eigenvalue weighted by atomic mass is 9.74. The Morgan fingerprint density at radius 1 is 1.23 bits per heavy atom. The summed E-state index contributed by atoms with van der Waals surface area (Å²) in [5.41, 5.74) is 5.37. The smallest absolute Gasteiger partial charge is 0.243 e. The summed E-state index contributed by atoms with van der Waals surface area (Å²) in [4.78, 5) is 23.6. The maximum Gasteiger partial charge on any atom is 0.243 e. The third-order valence-corrected chi connectivity index (χ3v) is 5.17. The van der Waals surface area contributed by atoms with Crippen molar-refractivity contribution in [3.05, 3.63) is 29.8 Å². The zero-order valence-electron chi connectivity index (χ0n) is 12.5. The summed E-state index contributed by atoms with van der Waals surface area (Å²) in [6, 6.07) is 7.75. The van der Waals surface area contributed by atoms with Gasteiger partial charge in [0.2, 0.25) is 11.8 Å². The van der Waals surface area contributed by atoms with E-state index in [9.17, 15) is 9.59 Å². The van der Waals surface area contributed by atoms with E-state index < -0.39 is 0 Å². The summed E-state index contributed by atoms with van der Waals surface area (Å²) in [6.07, 6.45) is 3.03. The van der Waals surface area contributed by atoms with Crippen LogP contribution in [0, 0.1) is 23.7 Å². The molecule has 2 amide bonds. The normalized spacial score (nSPS) is 32.2. The summed E-state index contributed by atoms with van der Waals surface area (Å²) >= 11 is 0. The molecule has 0 radical (unpaired) electrons. The number of benzene rings is 1. The predicted molar refractivity (Wildman–Crippen MR) is 83.2 cm³/mol. The molecular weight excluding hydrogens is 278 g/mol. The lowest BCUT2D eigenvalue weighted by Crippen LogP contribution is -2.35. The molecule has 2 fully saturated rings. The topological polar surface area (TPSA) is 70.6 Å². The number of hydrogen-bond acceptors (Lipinski definition) is 3. The number of nitrogens with zero attached hydrogens (tertiary/aromatic N) is 1. The van der Waals surface area contributed by atoms with E-state index in [1.54, 1.807) is 0 Å². The van der Waals surface area contributed by atoms with Crippen molar-refractivity contribution in [3.63, 3.8) is 0 Å². The Kier molecular flexibility index (Phi) is 3.03. The van der Waals surface area contributed by atoms with E-state index in [2.05, 4.69) is 22.8 Å². The maximum atomic E-state index is 12.1. The number of carbonyl (C=O) groups excluding carboxylic acids is 2. The summed E-state index contributed by atoms with van der Waals surface area (Å²) < 4.78 is 0. The molecule has 0 spiro atoms. The summed E-state index contributed by atoms with van der Waals surface area (Å²) in [5, 5.41) is 7.17. The fraction of sp³-hybridized carbons (Fsp3) is 0.471. The van der Waals surface area contributed by atoms with E-state index in [0.717, 1.165) is 36.2 Å². The van der Waals surface area contributed by atoms with Crippen LogP contribution in [-0.4, -0.2) is 17.5 Å². The molecule has 4 atom stereocenters. The van der Waals surface area contributed by atoms with Gasteiger partial charge in [0.25, 0.3) is 0 Å². The average Bonchev–Trinajstić information content (AvgIpc) is 3.28. The number of nitrogens with one attached hydrogen (secondary N) is 2. The molecule has 2 aliphatic carbocycles. The second-order valence-corrected chi connectivity index (χ2v) is 6.65. The van der Waals surface area contributed by atoms with Crippen molar-refractivity contribution in [1.82, 2.24) is 5.43 Å². The predicted octanol–water partition coefficient (Wildman–Crippen LogP) is 2.14. The van der Waals surface area contributed by atoms with Crippen LogP contribution in [0.3, 0.4) is 0 Å². The zero-order chi connectivity index (χ0) is 15.3. The van der Waals surface area contributed by atoms with Gasteiger partial charge in [-0.05, 0) is 42.9 Å². The van der Waals surface area contributed by atoms with Crippen molar-refractivity contribution in [1.29, 1.82) is 0 Å². The van der Waals surface area contributed by atoms with E-state index in [4.69, 9.17) is 0 Å². The van der Waals surface area contributed by atoms with Crippen molar-refractivity contribution in [2.45, 2.75) is 26.2 Å². The fourth-order valence-corrected chi connectivity index (χ4v) is 3.36. The number of fused-ring (bicyclic) bond motifs is 1. The number of rotatable bonds is 3. The molecule has 0 saturated heterocycles. The average molecular weight is 297 g/mol. The van der Waals surface area contributed by atoms with Crippen molar-refractivity contribution >= 4 is 23.2 Å². The van der Waals surface area contributed by atoms with Gasteiger partial charge in [-0.1, -0.05) is 19.1 Å². The molecule has 2 saturated carbocycles. The van der Waals surface area contributed by atoms with Crippen molar-refractivity contribution in [3.8, 4) is 0 Å². The van der Waals surface area contributed by atoms with Gasteiger partial charge in [0, 0.05) is 23.4 Å². The summed E-state index contributed by atoms with van der Waals surface area (Å²) in [7, 11) is 0. The van der Waals surface area contributed by atoms with Crippen LogP contribution in [0.5, 0.6) is 0 Å². The minimum Gasteiger partial charge on any atom is -0.326 e. The Morgan fingerprint density at radius 3 is 2.64 bits per heavy atom. The van der Waals surface area contributed by atoms with Gasteiger partial charge in [-0.3, -0.25) is 9.59 Å². The molecule has 3 aliphatic rings. The first kappa shape index (κ1) is 13.5. The molecule has 4 unspecified atom stereocenters. The molecule has 1 heterocycles. The van der Waals surface area contributed by atoms with Gasteiger partial charge in [-0.2, -0.15) is 5.10 Å². The highest BCUT2D eigenvalue weighted by atomic mass is 16.2. The van der Waals surface area contributed by atoms with Crippen LogP contribution in [0.1, 0.15) is 31.7 Å². The largest absolute Gasteiger partial charge is 0.326 e. The molecular formula is C17H19N3O2. The van der Waals surface area contributed by atoms with Crippen molar-refractivity contribution in [2.24, 2.45) is 28.8 Å². The molecule has 114 valence electrons. The van der Waals surface area contributed by atoms with Gasteiger partial charge in [-0.25, -0.2) is 5.43 Å². The van der Waals surface area contributed by atoms with Crippen LogP contribution >= 0.6 is 0 Å². The van der Waals surface area contributed by atoms with Gasteiger partial charge in [-0.15, -0.1) is 0 Å². The summed E-state index contributed by atoms with van der Waals surface area (Å²) in [6.45, 7) is 2.12. The molecule has 2 N–H and O–H groups in total. The quantitative estimate of drug-likeness (QED) is 0.897. The molecule has 5 nitrogen and oxygen atoms in total. The van der Waals surface area contributed by atoms with E-state index in [-0.39, 0.29) is 29.6 Å². The minimum atomic E-state index is 0.0345. The van der Waals surface area contributed by atoms with E-state index >= 15 is 0 Å². The molecule has 1 aliphatic heterocycles. The molecule has 4 rings (SSSR count). The Balaban J connectivity index is 1.45. The van der Waals surface area contributed by atoms with Crippen LogP contribution in [0.25, 0.3) is 0 Å². The Morgan fingerprint density at radius 2 is 2.00 bits per heavy atom. The third-order valence-electron chi connectivity index (χ3n) is 5.17. The SMILES string of the molecule is CC1CCC1C(=O)Nc1ccc(C2=NNC(=O)C3CC23)cc1. The maximum absolute atomic E-state index is 12.1. The van der Waals surface area contributed by atoms with Crippen molar-refractivity contribution < 1.29 is 9.59 Å². The first-order valence-corrected chi connectivity index (χ1v) is 7.92. The van der Waals surface area contributed by atoms with Gasteiger partial charge in [0.15, 0.2) is 0 Å². The lowest BCUT2D eigenvalue weighted by Gasteiger charge is -2.32.